The van der Waals surface area contributed by atoms with E-state index in [4.69, 9.17) is 23.9 Å². The lowest BCUT2D eigenvalue weighted by Crippen LogP contribution is -2.52. The molecule has 2 aromatic rings. The Hall–Kier alpha value is -2.73. The van der Waals surface area contributed by atoms with Crippen LogP contribution < -0.4 is 21.2 Å². The third kappa shape index (κ3) is 4.96. The monoisotopic (exact) mass is 453 g/mol. The zero-order valence-electron chi connectivity index (χ0n) is 16.0. The second-order valence-electron chi connectivity index (χ2n) is 6.97. The number of fused-ring (bicyclic) bond motifs is 1. The summed E-state index contributed by atoms with van der Waals surface area (Å²) in [5.74, 6) is -0.0510. The van der Waals surface area contributed by atoms with Crippen LogP contribution in [0.3, 0.4) is 0 Å². The first kappa shape index (κ1) is 21.5. The van der Waals surface area contributed by atoms with E-state index in [0.29, 0.717) is 5.39 Å². The van der Waals surface area contributed by atoms with E-state index in [-0.39, 0.29) is 17.8 Å². The van der Waals surface area contributed by atoms with Gasteiger partial charge in [0.1, 0.15) is 23.7 Å². The molecule has 5 atom stereocenters. The molecule has 1 aromatic carbocycles. The molecule has 4 rings (SSSR count). The Morgan fingerprint density at radius 1 is 1.29 bits per heavy atom. The largest absolute Gasteiger partial charge is 0.527 e. The van der Waals surface area contributed by atoms with E-state index >= 15 is 0 Å². The molecule has 0 saturated carbocycles. The molecule has 3 heterocycles. The quantitative estimate of drug-likeness (QED) is 0.358. The van der Waals surface area contributed by atoms with Crippen molar-refractivity contribution in [1.82, 2.24) is 10.2 Å². The maximum absolute atomic E-state index is 12.3. The number of carbonyl (C=O) groups excluding carboxylic acids is 1. The SMILES string of the molecule is NC1C=CN(C2CC(O)C(COP(=O)(O)Oc3ccc4ccc(=O)oc4c3)O2)C(=O)N1. The Morgan fingerprint density at radius 2 is 2.06 bits per heavy atom. The first-order valence-corrected chi connectivity index (χ1v) is 10.8. The van der Waals surface area contributed by atoms with Crippen LogP contribution in [-0.2, 0) is 13.8 Å². The number of nitrogens with one attached hydrogen (secondary N) is 1. The molecular formula is C18H20N3O9P. The second-order valence-corrected chi connectivity index (χ2v) is 8.34. The summed E-state index contributed by atoms with van der Waals surface area (Å²) in [5.41, 5.74) is 5.19. The summed E-state index contributed by atoms with van der Waals surface area (Å²) in [7, 11) is -4.59. The lowest BCUT2D eigenvalue weighted by molar-refractivity contribution is -0.0530. The number of phosphoric ester groups is 1. The number of aliphatic hydroxyl groups excluding tert-OH is 1. The second kappa shape index (κ2) is 8.42. The minimum Gasteiger partial charge on any atom is -0.423 e. The van der Waals surface area contributed by atoms with Gasteiger partial charge in [-0.25, -0.2) is 14.2 Å². The average molecular weight is 453 g/mol. The maximum Gasteiger partial charge on any atom is 0.527 e. The fourth-order valence-electron chi connectivity index (χ4n) is 3.21. The van der Waals surface area contributed by atoms with Gasteiger partial charge >= 0.3 is 19.5 Å². The Balaban J connectivity index is 1.37. The van der Waals surface area contributed by atoms with Crippen LogP contribution in [-0.4, -0.2) is 52.1 Å². The van der Waals surface area contributed by atoms with Crippen molar-refractivity contribution >= 4 is 24.8 Å². The van der Waals surface area contributed by atoms with Crippen LogP contribution in [0.25, 0.3) is 11.0 Å². The number of nitrogens with zero attached hydrogens (tertiary/aromatic N) is 1. The highest BCUT2D eigenvalue weighted by atomic mass is 31.2. The van der Waals surface area contributed by atoms with Crippen molar-refractivity contribution in [3.05, 3.63) is 53.0 Å². The van der Waals surface area contributed by atoms with E-state index in [2.05, 4.69) is 5.32 Å². The van der Waals surface area contributed by atoms with Crippen LogP contribution in [0.15, 0.2) is 51.8 Å². The number of benzene rings is 1. The van der Waals surface area contributed by atoms with Crippen LogP contribution >= 0.6 is 7.82 Å². The Labute approximate surface area is 175 Å². The number of nitrogens with two attached hydrogens (primary N) is 1. The lowest BCUT2D eigenvalue weighted by atomic mass is 10.2. The Bertz CT molecular complexity index is 1120. The summed E-state index contributed by atoms with van der Waals surface area (Å²) in [6.45, 7) is -0.465. The van der Waals surface area contributed by atoms with Crippen molar-refractivity contribution in [2.24, 2.45) is 5.73 Å². The van der Waals surface area contributed by atoms with Crippen LogP contribution in [0.4, 0.5) is 4.79 Å². The molecule has 2 aliphatic rings. The van der Waals surface area contributed by atoms with Crippen molar-refractivity contribution in [2.45, 2.75) is 31.0 Å². The average Bonchev–Trinajstić information content (AvgIpc) is 3.06. The standard InChI is InChI=1S/C18H20N3O9P/c19-15-5-6-21(18(24)20-15)16-8-12(22)14(28-16)9-27-31(25,26)30-11-3-1-10-2-4-17(23)29-13(10)7-11/h1-7,12,14-16,22H,8-9,19H2,(H,20,24)(H,25,26). The molecule has 0 aliphatic carbocycles. The van der Waals surface area contributed by atoms with Gasteiger partial charge in [-0.3, -0.25) is 14.3 Å². The van der Waals surface area contributed by atoms with Crippen molar-refractivity contribution in [1.29, 1.82) is 0 Å². The molecule has 5 unspecified atom stereocenters. The lowest BCUT2D eigenvalue weighted by Gasteiger charge is -2.30. The number of aliphatic hydroxyl groups is 1. The third-order valence-corrected chi connectivity index (χ3v) is 5.63. The normalized spacial score (nSPS) is 27.8. The van der Waals surface area contributed by atoms with Crippen molar-refractivity contribution in [2.75, 3.05) is 6.61 Å². The summed E-state index contributed by atoms with van der Waals surface area (Å²) >= 11 is 0. The van der Waals surface area contributed by atoms with Crippen LogP contribution in [0.2, 0.25) is 0 Å². The molecule has 1 aromatic heterocycles. The highest BCUT2D eigenvalue weighted by Gasteiger charge is 2.41. The molecule has 5 N–H and O–H groups in total. The fourth-order valence-corrected chi connectivity index (χ4v) is 3.97. The Kier molecular flexibility index (Phi) is 5.84. The Morgan fingerprint density at radius 3 is 2.84 bits per heavy atom. The van der Waals surface area contributed by atoms with Gasteiger partial charge in [-0.15, -0.1) is 0 Å². The molecule has 2 aliphatic heterocycles. The zero-order chi connectivity index (χ0) is 22.2. The van der Waals surface area contributed by atoms with Gasteiger partial charge in [0, 0.05) is 30.1 Å². The van der Waals surface area contributed by atoms with Gasteiger partial charge in [0.15, 0.2) is 0 Å². The van der Waals surface area contributed by atoms with E-state index in [1.165, 1.54) is 29.3 Å². The number of phosphoric acid groups is 1. The molecule has 0 radical (unpaired) electrons. The summed E-state index contributed by atoms with van der Waals surface area (Å²) in [6.07, 6.45) is -0.367. The van der Waals surface area contributed by atoms with Gasteiger partial charge in [-0.2, -0.15) is 0 Å². The topological polar surface area (TPSA) is 174 Å². The smallest absolute Gasteiger partial charge is 0.423 e. The van der Waals surface area contributed by atoms with E-state index in [1.807, 2.05) is 0 Å². The number of amides is 2. The van der Waals surface area contributed by atoms with Gasteiger partial charge in [0.2, 0.25) is 0 Å². The zero-order valence-corrected chi connectivity index (χ0v) is 16.9. The number of carbonyl (C=O) groups is 1. The third-order valence-electron chi connectivity index (χ3n) is 4.71. The van der Waals surface area contributed by atoms with Gasteiger partial charge in [-0.05, 0) is 24.3 Å². The van der Waals surface area contributed by atoms with Gasteiger partial charge in [-0.1, -0.05) is 0 Å². The van der Waals surface area contributed by atoms with Crippen molar-refractivity contribution < 1.29 is 37.6 Å². The first-order chi connectivity index (χ1) is 14.7. The summed E-state index contributed by atoms with van der Waals surface area (Å²) in [5, 5.41) is 13.3. The molecule has 2 amide bonds. The van der Waals surface area contributed by atoms with Gasteiger partial charge < -0.3 is 29.8 Å². The molecule has 1 fully saturated rings. The molecule has 166 valence electrons. The summed E-state index contributed by atoms with van der Waals surface area (Å²) in [4.78, 5) is 34.6. The predicted molar refractivity (Wildman–Crippen MR) is 106 cm³/mol. The van der Waals surface area contributed by atoms with Crippen molar-refractivity contribution in [3.63, 3.8) is 0 Å². The maximum atomic E-state index is 12.3. The highest BCUT2D eigenvalue weighted by molar-refractivity contribution is 7.47. The highest BCUT2D eigenvalue weighted by Crippen LogP contribution is 2.45. The first-order valence-electron chi connectivity index (χ1n) is 9.27. The van der Waals surface area contributed by atoms with Gasteiger partial charge in [0.25, 0.3) is 0 Å². The number of ether oxygens (including phenoxy) is 1. The number of rotatable bonds is 6. The van der Waals surface area contributed by atoms with E-state index in [0.717, 1.165) is 0 Å². The fraction of sp³-hybridized carbons (Fsp3) is 0.333. The molecule has 0 spiro atoms. The van der Waals surface area contributed by atoms with E-state index < -0.39 is 50.7 Å². The minimum atomic E-state index is -4.59. The van der Waals surface area contributed by atoms with E-state index in [9.17, 15) is 24.2 Å². The number of hydrogen-bond donors (Lipinski definition) is 4. The molecule has 0 bridgehead atoms. The molecule has 1 saturated heterocycles. The van der Waals surface area contributed by atoms with Crippen LogP contribution in [0.1, 0.15) is 6.42 Å². The predicted octanol–water partition coefficient (Wildman–Crippen LogP) is 0.588. The molecule has 12 nitrogen and oxygen atoms in total. The number of hydrogen-bond acceptors (Lipinski definition) is 9. The summed E-state index contributed by atoms with van der Waals surface area (Å²) in [6, 6.07) is 6.55. The molecule has 13 heteroatoms. The molecule has 31 heavy (non-hydrogen) atoms. The van der Waals surface area contributed by atoms with Crippen molar-refractivity contribution in [3.8, 4) is 5.75 Å². The summed E-state index contributed by atoms with van der Waals surface area (Å²) < 4.78 is 32.9. The van der Waals surface area contributed by atoms with Crippen LogP contribution in [0, 0.1) is 0 Å². The van der Waals surface area contributed by atoms with Gasteiger partial charge in [0.05, 0.1) is 18.9 Å². The molecular weight excluding hydrogens is 433 g/mol. The number of urea groups is 1. The minimum absolute atomic E-state index is 0.0510. The van der Waals surface area contributed by atoms with Crippen LogP contribution in [0.5, 0.6) is 5.75 Å². The van der Waals surface area contributed by atoms with E-state index in [1.54, 1.807) is 18.2 Å².